The SMILES string of the molecule is Cc1c(N2CC(NC(C)C)C2)c(F)c(-c2nc(N)c(F)cc2F)c2c(=O)c(C(=O)O)c[nH]c12. The van der Waals surface area contributed by atoms with Gasteiger partial charge in [0.15, 0.2) is 23.3 Å². The maximum atomic E-state index is 16.0. The molecule has 2 aromatic heterocycles. The van der Waals surface area contributed by atoms with Crippen molar-refractivity contribution >= 4 is 28.4 Å². The molecule has 0 saturated carbocycles. The number of carbonyl (C=O) groups is 1. The molecule has 33 heavy (non-hydrogen) atoms. The number of halogens is 3. The van der Waals surface area contributed by atoms with Crippen LogP contribution >= 0.6 is 0 Å². The lowest BCUT2D eigenvalue weighted by Crippen LogP contribution is -2.60. The van der Waals surface area contributed by atoms with Gasteiger partial charge in [-0.2, -0.15) is 0 Å². The molecule has 1 aliphatic rings. The molecule has 0 spiro atoms. The van der Waals surface area contributed by atoms with Crippen molar-refractivity contribution in [2.24, 2.45) is 0 Å². The molecule has 0 atom stereocenters. The number of anilines is 2. The van der Waals surface area contributed by atoms with Gasteiger partial charge in [0.2, 0.25) is 5.43 Å². The van der Waals surface area contributed by atoms with Crippen LogP contribution in [0.5, 0.6) is 0 Å². The first kappa shape index (κ1) is 22.6. The Hall–Kier alpha value is -3.60. The summed E-state index contributed by atoms with van der Waals surface area (Å²) < 4.78 is 44.5. The number of nitrogens with two attached hydrogens (primary N) is 1. The molecule has 5 N–H and O–H groups in total. The van der Waals surface area contributed by atoms with Gasteiger partial charge in [-0.1, -0.05) is 13.8 Å². The molecule has 0 amide bonds. The monoisotopic (exact) mass is 461 g/mol. The van der Waals surface area contributed by atoms with Crippen molar-refractivity contribution in [3.63, 3.8) is 0 Å². The molecule has 1 aromatic carbocycles. The minimum absolute atomic E-state index is 0.104. The van der Waals surface area contributed by atoms with Crippen LogP contribution in [-0.4, -0.2) is 46.2 Å². The zero-order valence-electron chi connectivity index (χ0n) is 18.1. The third kappa shape index (κ3) is 3.67. The number of aromatic nitrogens is 2. The number of rotatable bonds is 5. The van der Waals surface area contributed by atoms with Crippen molar-refractivity contribution in [2.45, 2.75) is 32.9 Å². The number of nitrogens with one attached hydrogen (secondary N) is 2. The van der Waals surface area contributed by atoms with Gasteiger partial charge in [0.25, 0.3) is 0 Å². The van der Waals surface area contributed by atoms with Crippen LogP contribution in [0.25, 0.3) is 22.2 Å². The molecule has 4 rings (SSSR count). The van der Waals surface area contributed by atoms with Crippen LogP contribution in [0.2, 0.25) is 0 Å². The molecule has 1 saturated heterocycles. The van der Waals surface area contributed by atoms with Crippen LogP contribution in [0.1, 0.15) is 29.8 Å². The highest BCUT2D eigenvalue weighted by Crippen LogP contribution is 2.40. The summed E-state index contributed by atoms with van der Waals surface area (Å²) in [6.07, 6.45) is 1.01. The Balaban J connectivity index is 2.04. The minimum Gasteiger partial charge on any atom is -0.477 e. The van der Waals surface area contributed by atoms with Crippen molar-refractivity contribution in [2.75, 3.05) is 23.7 Å². The average molecular weight is 461 g/mol. The van der Waals surface area contributed by atoms with E-state index in [2.05, 4.69) is 15.3 Å². The van der Waals surface area contributed by atoms with Gasteiger partial charge in [-0.05, 0) is 12.5 Å². The Morgan fingerprint density at radius 1 is 1.30 bits per heavy atom. The quantitative estimate of drug-likeness (QED) is 0.461. The smallest absolute Gasteiger partial charge is 0.341 e. The number of nitrogen functional groups attached to an aromatic ring is 1. The number of fused-ring (bicyclic) bond motifs is 1. The predicted octanol–water partition coefficient (Wildman–Crippen LogP) is 2.78. The van der Waals surface area contributed by atoms with E-state index in [0.29, 0.717) is 24.7 Å². The Labute approximate surface area is 186 Å². The fourth-order valence-electron chi connectivity index (χ4n) is 4.23. The third-order valence-corrected chi connectivity index (χ3v) is 5.68. The van der Waals surface area contributed by atoms with Crippen molar-refractivity contribution in [1.82, 2.24) is 15.3 Å². The van der Waals surface area contributed by atoms with Crippen molar-refractivity contribution in [3.05, 3.63) is 51.1 Å². The van der Waals surface area contributed by atoms with E-state index in [9.17, 15) is 23.5 Å². The molecule has 0 unspecified atom stereocenters. The minimum atomic E-state index is -1.54. The number of carboxylic acids is 1. The van der Waals surface area contributed by atoms with Gasteiger partial charge in [0, 0.05) is 37.4 Å². The van der Waals surface area contributed by atoms with Gasteiger partial charge in [-0.25, -0.2) is 22.9 Å². The number of pyridine rings is 2. The summed E-state index contributed by atoms with van der Waals surface area (Å²) in [5, 5.41) is 12.3. The first-order valence-electron chi connectivity index (χ1n) is 10.2. The molecular weight excluding hydrogens is 439 g/mol. The lowest BCUT2D eigenvalue weighted by molar-refractivity contribution is 0.0695. The van der Waals surface area contributed by atoms with E-state index in [1.807, 2.05) is 13.8 Å². The maximum absolute atomic E-state index is 16.0. The largest absolute Gasteiger partial charge is 0.477 e. The van der Waals surface area contributed by atoms with E-state index in [1.54, 1.807) is 11.8 Å². The first-order chi connectivity index (χ1) is 15.5. The second-order valence-corrected chi connectivity index (χ2v) is 8.36. The normalized spacial score (nSPS) is 14.2. The molecule has 3 aromatic rings. The lowest BCUT2D eigenvalue weighted by Gasteiger charge is -2.43. The molecule has 1 aliphatic heterocycles. The van der Waals surface area contributed by atoms with Gasteiger partial charge in [-0.15, -0.1) is 0 Å². The standard InChI is InChI=1S/C22H22F3N5O3/c1-8(2)28-10-6-30(7-10)19-9(3)17-15(20(31)11(5-27-17)22(32)33)14(16(19)25)18-12(23)4-13(24)21(26)29-18/h4-5,8,10,28H,6-7H2,1-3H3,(H2,26,29)(H,27,31)(H,32,33). The summed E-state index contributed by atoms with van der Waals surface area (Å²) in [7, 11) is 0. The van der Waals surface area contributed by atoms with E-state index in [4.69, 9.17) is 5.73 Å². The van der Waals surface area contributed by atoms with Crippen LogP contribution < -0.4 is 21.4 Å². The summed E-state index contributed by atoms with van der Waals surface area (Å²) >= 11 is 0. The Morgan fingerprint density at radius 3 is 2.58 bits per heavy atom. The van der Waals surface area contributed by atoms with Crippen molar-refractivity contribution < 1.29 is 23.1 Å². The van der Waals surface area contributed by atoms with Gasteiger partial charge in [0.1, 0.15) is 11.3 Å². The maximum Gasteiger partial charge on any atom is 0.341 e. The predicted molar refractivity (Wildman–Crippen MR) is 118 cm³/mol. The van der Waals surface area contributed by atoms with Gasteiger partial charge in [-0.3, -0.25) is 4.79 Å². The van der Waals surface area contributed by atoms with Gasteiger partial charge < -0.3 is 26.0 Å². The van der Waals surface area contributed by atoms with Crippen LogP contribution in [0.4, 0.5) is 24.7 Å². The average Bonchev–Trinajstić information content (AvgIpc) is 2.69. The second-order valence-electron chi connectivity index (χ2n) is 8.36. The molecule has 0 bridgehead atoms. The third-order valence-electron chi connectivity index (χ3n) is 5.68. The number of aromatic carboxylic acids is 1. The number of aryl methyl sites for hydroxylation is 1. The van der Waals surface area contributed by atoms with E-state index in [1.165, 1.54) is 0 Å². The molecule has 1 fully saturated rings. The highest BCUT2D eigenvalue weighted by atomic mass is 19.1. The topological polar surface area (TPSA) is 124 Å². The fourth-order valence-corrected chi connectivity index (χ4v) is 4.23. The van der Waals surface area contributed by atoms with E-state index in [0.717, 1.165) is 6.20 Å². The Kier molecular flexibility index (Phi) is 5.52. The fraction of sp³-hybridized carbons (Fsp3) is 0.318. The van der Waals surface area contributed by atoms with E-state index < -0.39 is 56.9 Å². The summed E-state index contributed by atoms with van der Waals surface area (Å²) in [5.41, 5.74) is 3.15. The van der Waals surface area contributed by atoms with Crippen LogP contribution in [0.15, 0.2) is 17.1 Å². The summed E-state index contributed by atoms with van der Waals surface area (Å²) in [4.78, 5) is 32.7. The number of benzene rings is 1. The molecule has 8 nitrogen and oxygen atoms in total. The Bertz CT molecular complexity index is 1350. The molecule has 11 heteroatoms. The highest BCUT2D eigenvalue weighted by molar-refractivity contribution is 6.03. The van der Waals surface area contributed by atoms with Crippen LogP contribution in [0, 0.1) is 24.4 Å². The van der Waals surface area contributed by atoms with Crippen LogP contribution in [0.3, 0.4) is 0 Å². The number of hydrogen-bond donors (Lipinski definition) is 4. The first-order valence-corrected chi connectivity index (χ1v) is 10.2. The number of H-pyrrole nitrogens is 1. The number of nitrogens with zero attached hydrogens (tertiary/aromatic N) is 2. The van der Waals surface area contributed by atoms with Gasteiger partial charge >= 0.3 is 5.97 Å². The van der Waals surface area contributed by atoms with E-state index in [-0.39, 0.29) is 23.3 Å². The highest BCUT2D eigenvalue weighted by Gasteiger charge is 2.34. The molecule has 0 radical (unpaired) electrons. The summed E-state index contributed by atoms with van der Waals surface area (Å²) in [6.45, 7) is 6.47. The molecule has 3 heterocycles. The second kappa shape index (κ2) is 8.07. The van der Waals surface area contributed by atoms with Gasteiger partial charge in [0.05, 0.1) is 22.2 Å². The number of hydrogen-bond acceptors (Lipinski definition) is 6. The van der Waals surface area contributed by atoms with E-state index >= 15 is 4.39 Å². The molecule has 0 aliphatic carbocycles. The lowest BCUT2D eigenvalue weighted by atomic mass is 9.94. The summed E-state index contributed by atoms with van der Waals surface area (Å²) in [5.74, 6) is -5.56. The van der Waals surface area contributed by atoms with Crippen molar-refractivity contribution in [1.29, 1.82) is 0 Å². The van der Waals surface area contributed by atoms with Crippen molar-refractivity contribution in [3.8, 4) is 11.3 Å². The summed E-state index contributed by atoms with van der Waals surface area (Å²) in [6, 6.07) is 0.776. The zero-order valence-corrected chi connectivity index (χ0v) is 18.1. The Morgan fingerprint density at radius 2 is 1.97 bits per heavy atom. The number of aromatic amines is 1. The molecular formula is C22H22F3N5O3. The molecule has 174 valence electrons. The zero-order chi connectivity index (χ0) is 24.2. The number of carboxylic acid groups (broad SMARTS) is 1. The van der Waals surface area contributed by atoms with Crippen LogP contribution in [-0.2, 0) is 0 Å².